The van der Waals surface area contributed by atoms with Crippen LogP contribution in [0.15, 0.2) is 24.3 Å². The van der Waals surface area contributed by atoms with E-state index in [1.807, 2.05) is 0 Å². The second-order valence-electron chi connectivity index (χ2n) is 4.01. The molecule has 1 aliphatic heterocycles. The van der Waals surface area contributed by atoms with Gasteiger partial charge in [0.05, 0.1) is 13.7 Å². The minimum absolute atomic E-state index is 0.293. The van der Waals surface area contributed by atoms with Crippen molar-refractivity contribution >= 4 is 0 Å². The van der Waals surface area contributed by atoms with Crippen molar-refractivity contribution in [2.45, 2.75) is 6.04 Å². The quantitative estimate of drug-likeness (QED) is 0.524. The summed E-state index contributed by atoms with van der Waals surface area (Å²) in [6.45, 7) is 1.12. The van der Waals surface area contributed by atoms with Crippen LogP contribution < -0.4 is 0 Å². The van der Waals surface area contributed by atoms with Crippen molar-refractivity contribution in [3.8, 4) is 0 Å². The van der Waals surface area contributed by atoms with Crippen molar-refractivity contribution < 1.29 is 13.8 Å². The molecule has 0 aromatic heterocycles. The van der Waals surface area contributed by atoms with Gasteiger partial charge in [-0.05, 0) is 6.07 Å². The molecule has 0 radical (unpaired) electrons. The monoisotopic (exact) mass is 211 g/mol. The summed E-state index contributed by atoms with van der Waals surface area (Å²) in [5.41, 5.74) is 0.453. The molecule has 1 fully saturated rings. The second-order valence-corrected chi connectivity index (χ2v) is 4.01. The normalized spacial score (nSPS) is 31.5. The summed E-state index contributed by atoms with van der Waals surface area (Å²) < 4.78 is 18.3. The van der Waals surface area contributed by atoms with Crippen LogP contribution in [-0.2, 0) is 4.74 Å². The predicted molar refractivity (Wildman–Crippen MR) is 54.4 cm³/mol. The standard InChI is InChI=1S/C11H14FNO2/c1-13(14)6-7-15-8-11(13)9-4-2-3-5-10(9)12/h2-5,11H,6-8H2,1H3. The Morgan fingerprint density at radius 1 is 1.47 bits per heavy atom. The Labute approximate surface area is 88.2 Å². The first-order valence-electron chi connectivity index (χ1n) is 4.99. The molecular weight excluding hydrogens is 197 g/mol. The Balaban J connectivity index is 2.33. The van der Waals surface area contributed by atoms with Crippen LogP contribution in [-0.4, -0.2) is 31.5 Å². The lowest BCUT2D eigenvalue weighted by Gasteiger charge is -2.48. The zero-order valence-corrected chi connectivity index (χ0v) is 8.65. The summed E-state index contributed by atoms with van der Waals surface area (Å²) in [5, 5.41) is 12.1. The van der Waals surface area contributed by atoms with Crippen LogP contribution in [0.4, 0.5) is 4.39 Å². The maximum atomic E-state index is 13.5. The molecule has 1 aromatic rings. The largest absolute Gasteiger partial charge is 0.632 e. The van der Waals surface area contributed by atoms with Crippen LogP contribution in [0.1, 0.15) is 11.6 Å². The molecule has 2 atom stereocenters. The Kier molecular flexibility index (Phi) is 2.73. The number of halogens is 1. The van der Waals surface area contributed by atoms with Gasteiger partial charge in [-0.1, -0.05) is 18.2 Å². The molecule has 4 heteroatoms. The first-order chi connectivity index (χ1) is 7.11. The van der Waals surface area contributed by atoms with Gasteiger partial charge in [0, 0.05) is 5.56 Å². The third kappa shape index (κ3) is 2.02. The van der Waals surface area contributed by atoms with Gasteiger partial charge >= 0.3 is 0 Å². The zero-order chi connectivity index (χ0) is 10.9. The Hall–Kier alpha value is -0.970. The lowest BCUT2D eigenvalue weighted by Crippen LogP contribution is -2.49. The van der Waals surface area contributed by atoms with E-state index in [1.165, 1.54) is 6.07 Å². The molecule has 82 valence electrons. The average Bonchev–Trinajstić information content (AvgIpc) is 2.19. The number of quaternary nitrogens is 1. The van der Waals surface area contributed by atoms with E-state index in [9.17, 15) is 9.60 Å². The van der Waals surface area contributed by atoms with Crippen LogP contribution in [0, 0.1) is 11.0 Å². The number of nitrogens with zero attached hydrogens (tertiary/aromatic N) is 1. The molecule has 15 heavy (non-hydrogen) atoms. The maximum absolute atomic E-state index is 13.5. The average molecular weight is 211 g/mol. The van der Waals surface area contributed by atoms with E-state index in [0.29, 0.717) is 25.3 Å². The highest BCUT2D eigenvalue weighted by Gasteiger charge is 2.32. The molecule has 2 rings (SSSR count). The molecule has 0 saturated carbocycles. The molecule has 1 saturated heterocycles. The third-order valence-corrected chi connectivity index (χ3v) is 2.88. The molecule has 0 amide bonds. The summed E-state index contributed by atoms with van der Waals surface area (Å²) in [5.74, 6) is -0.326. The van der Waals surface area contributed by atoms with Crippen LogP contribution >= 0.6 is 0 Å². The SMILES string of the molecule is C[N+]1([O-])CCOCC1c1ccccc1F. The van der Waals surface area contributed by atoms with Gasteiger partial charge in [0.25, 0.3) is 0 Å². The molecule has 1 aromatic carbocycles. The Morgan fingerprint density at radius 2 is 2.20 bits per heavy atom. The zero-order valence-electron chi connectivity index (χ0n) is 8.65. The Bertz CT molecular complexity index is 354. The second kappa shape index (κ2) is 3.89. The highest BCUT2D eigenvalue weighted by molar-refractivity contribution is 5.20. The summed E-state index contributed by atoms with van der Waals surface area (Å²) in [6, 6.07) is 5.96. The number of likely N-dealkylation sites (N-methyl/N-ethyl adjacent to an activating group) is 1. The molecule has 0 N–H and O–H groups in total. The van der Waals surface area contributed by atoms with Crippen LogP contribution in [0.25, 0.3) is 0 Å². The number of hydrogen-bond acceptors (Lipinski definition) is 2. The van der Waals surface area contributed by atoms with Crippen molar-refractivity contribution in [1.29, 1.82) is 0 Å². The van der Waals surface area contributed by atoms with Crippen molar-refractivity contribution in [1.82, 2.24) is 0 Å². The Morgan fingerprint density at radius 3 is 2.87 bits per heavy atom. The van der Waals surface area contributed by atoms with Gasteiger partial charge in [-0.15, -0.1) is 0 Å². The van der Waals surface area contributed by atoms with Gasteiger partial charge < -0.3 is 14.6 Å². The van der Waals surface area contributed by atoms with E-state index in [0.717, 1.165) is 0 Å². The third-order valence-electron chi connectivity index (χ3n) is 2.88. The van der Waals surface area contributed by atoms with E-state index < -0.39 is 10.7 Å². The van der Waals surface area contributed by atoms with Crippen LogP contribution in [0.2, 0.25) is 0 Å². The van der Waals surface area contributed by atoms with Crippen molar-refractivity contribution in [2.24, 2.45) is 0 Å². The van der Waals surface area contributed by atoms with Gasteiger partial charge in [0.2, 0.25) is 0 Å². The fraction of sp³-hybridized carbons (Fsp3) is 0.455. The topological polar surface area (TPSA) is 32.3 Å². The summed E-state index contributed by atoms with van der Waals surface area (Å²) >= 11 is 0. The molecule has 3 nitrogen and oxygen atoms in total. The van der Waals surface area contributed by atoms with Crippen molar-refractivity contribution in [3.63, 3.8) is 0 Å². The molecule has 1 heterocycles. The number of morpholine rings is 1. The van der Waals surface area contributed by atoms with Gasteiger partial charge in [-0.3, -0.25) is 0 Å². The van der Waals surface area contributed by atoms with Gasteiger partial charge in [-0.2, -0.15) is 0 Å². The lowest BCUT2D eigenvalue weighted by molar-refractivity contribution is -0.901. The summed E-state index contributed by atoms with van der Waals surface area (Å²) in [6.07, 6.45) is 0. The number of ether oxygens (including phenoxy) is 1. The molecule has 0 aliphatic carbocycles. The van der Waals surface area contributed by atoms with E-state index >= 15 is 0 Å². The molecule has 2 unspecified atom stereocenters. The maximum Gasteiger partial charge on any atom is 0.141 e. The van der Waals surface area contributed by atoms with E-state index in [1.54, 1.807) is 25.2 Å². The highest BCUT2D eigenvalue weighted by atomic mass is 19.1. The molecule has 0 bridgehead atoms. The van der Waals surface area contributed by atoms with E-state index in [4.69, 9.17) is 4.74 Å². The lowest BCUT2D eigenvalue weighted by atomic mass is 10.0. The van der Waals surface area contributed by atoms with E-state index in [-0.39, 0.29) is 5.82 Å². The smallest absolute Gasteiger partial charge is 0.141 e. The number of hydroxylamine groups is 3. The minimum atomic E-state index is -0.457. The summed E-state index contributed by atoms with van der Waals surface area (Å²) in [4.78, 5) is 0. The van der Waals surface area contributed by atoms with Gasteiger partial charge in [0.1, 0.15) is 25.0 Å². The highest BCUT2D eigenvalue weighted by Crippen LogP contribution is 2.30. The first-order valence-corrected chi connectivity index (χ1v) is 4.99. The number of benzene rings is 1. The molecule has 1 aliphatic rings. The van der Waals surface area contributed by atoms with Crippen LogP contribution in [0.5, 0.6) is 0 Å². The fourth-order valence-corrected chi connectivity index (χ4v) is 1.88. The first kappa shape index (κ1) is 10.5. The summed E-state index contributed by atoms with van der Waals surface area (Å²) in [7, 11) is 1.57. The molecular formula is C11H14FNO2. The van der Waals surface area contributed by atoms with Crippen molar-refractivity contribution in [3.05, 3.63) is 40.9 Å². The minimum Gasteiger partial charge on any atom is -0.632 e. The molecule has 0 spiro atoms. The van der Waals surface area contributed by atoms with Crippen LogP contribution in [0.3, 0.4) is 0 Å². The van der Waals surface area contributed by atoms with Gasteiger partial charge in [-0.25, -0.2) is 4.39 Å². The fourth-order valence-electron chi connectivity index (χ4n) is 1.88. The number of hydrogen-bond donors (Lipinski definition) is 0. The van der Waals surface area contributed by atoms with E-state index in [2.05, 4.69) is 0 Å². The van der Waals surface area contributed by atoms with Gasteiger partial charge in [0.15, 0.2) is 0 Å². The van der Waals surface area contributed by atoms with Crippen molar-refractivity contribution in [2.75, 3.05) is 26.8 Å². The number of rotatable bonds is 1. The predicted octanol–water partition coefficient (Wildman–Crippen LogP) is 1.84.